The van der Waals surface area contributed by atoms with E-state index in [1.54, 1.807) is 17.5 Å². The van der Waals surface area contributed by atoms with Crippen molar-refractivity contribution in [1.82, 2.24) is 14.5 Å². The molecule has 0 spiro atoms. The van der Waals surface area contributed by atoms with E-state index in [1.165, 1.54) is 15.6 Å². The van der Waals surface area contributed by atoms with E-state index in [9.17, 15) is 13.2 Å². The number of hydrogen-bond acceptors (Lipinski definition) is 5. The van der Waals surface area contributed by atoms with Gasteiger partial charge in [0, 0.05) is 25.6 Å². The van der Waals surface area contributed by atoms with Crippen LogP contribution in [0.1, 0.15) is 19.3 Å². The fraction of sp³-hybridized carbons (Fsp3) is 0.667. The number of hydrogen-bond donors (Lipinski definition) is 1. The molecule has 0 unspecified atom stereocenters. The summed E-state index contributed by atoms with van der Waals surface area (Å²) in [7, 11) is 0.627. The first-order valence-corrected chi connectivity index (χ1v) is 10.2. The molecule has 0 aromatic carbocycles. The van der Waals surface area contributed by atoms with Gasteiger partial charge < -0.3 is 10.2 Å². The van der Waals surface area contributed by atoms with E-state index in [-0.39, 0.29) is 11.8 Å². The summed E-state index contributed by atoms with van der Waals surface area (Å²) in [5.41, 5.74) is 0. The Labute approximate surface area is 142 Å². The van der Waals surface area contributed by atoms with E-state index in [4.69, 9.17) is 0 Å². The van der Waals surface area contributed by atoms with Gasteiger partial charge in [0.05, 0.1) is 0 Å². The van der Waals surface area contributed by atoms with Gasteiger partial charge in [0.15, 0.2) is 0 Å². The summed E-state index contributed by atoms with van der Waals surface area (Å²) in [6.07, 6.45) is 2.10. The van der Waals surface area contributed by atoms with Crippen molar-refractivity contribution >= 4 is 27.3 Å². The maximum Gasteiger partial charge on any atom is 0.252 e. The van der Waals surface area contributed by atoms with Gasteiger partial charge in [-0.3, -0.25) is 4.79 Å². The minimum atomic E-state index is -3.38. The predicted octanol–water partition coefficient (Wildman–Crippen LogP) is 1.22. The van der Waals surface area contributed by atoms with Crippen LogP contribution in [0.25, 0.3) is 0 Å². The molecule has 0 bridgehead atoms. The summed E-state index contributed by atoms with van der Waals surface area (Å²) in [5.74, 6) is -0.0268. The molecular weight excluding hydrogens is 334 g/mol. The number of rotatable bonds is 7. The summed E-state index contributed by atoms with van der Waals surface area (Å²) >= 11 is 1.23. The van der Waals surface area contributed by atoms with Gasteiger partial charge in [0.2, 0.25) is 5.91 Å². The van der Waals surface area contributed by atoms with Gasteiger partial charge in [-0.25, -0.2) is 8.42 Å². The lowest BCUT2D eigenvalue weighted by Gasteiger charge is -2.30. The summed E-state index contributed by atoms with van der Waals surface area (Å²) in [4.78, 5) is 14.2. The Morgan fingerprint density at radius 3 is 2.65 bits per heavy atom. The van der Waals surface area contributed by atoms with Crippen molar-refractivity contribution < 1.29 is 13.2 Å². The number of carbonyl (C=O) groups excluding carboxylic acids is 1. The third-order valence-electron chi connectivity index (χ3n) is 4.00. The van der Waals surface area contributed by atoms with E-state index < -0.39 is 10.0 Å². The number of carbonyl (C=O) groups is 1. The highest BCUT2D eigenvalue weighted by atomic mass is 32.2. The Bertz CT molecular complexity index is 591. The van der Waals surface area contributed by atoms with Gasteiger partial charge in [0.1, 0.15) is 4.21 Å². The lowest BCUT2D eigenvalue weighted by molar-refractivity contribution is -0.126. The monoisotopic (exact) mass is 359 g/mol. The Morgan fingerprint density at radius 2 is 2.09 bits per heavy atom. The van der Waals surface area contributed by atoms with Crippen molar-refractivity contribution in [2.75, 3.05) is 40.3 Å². The number of piperidine rings is 1. The van der Waals surface area contributed by atoms with Gasteiger partial charge in [0.25, 0.3) is 10.0 Å². The minimum Gasteiger partial charge on any atom is -0.356 e. The normalized spacial score (nSPS) is 17.5. The van der Waals surface area contributed by atoms with Gasteiger partial charge >= 0.3 is 0 Å². The average molecular weight is 360 g/mol. The molecule has 1 fully saturated rings. The molecule has 0 saturated carbocycles. The summed E-state index contributed by atoms with van der Waals surface area (Å²) in [6, 6.07) is 3.37. The van der Waals surface area contributed by atoms with Crippen LogP contribution in [0.5, 0.6) is 0 Å². The van der Waals surface area contributed by atoms with Gasteiger partial charge in [-0.15, -0.1) is 11.3 Å². The predicted molar refractivity (Wildman–Crippen MR) is 92.0 cm³/mol. The van der Waals surface area contributed by atoms with Crippen molar-refractivity contribution in [2.24, 2.45) is 5.92 Å². The second-order valence-corrected chi connectivity index (χ2v) is 9.17. The number of thiophene rings is 1. The molecular formula is C15H25N3O3S2. The first-order chi connectivity index (χ1) is 10.9. The highest BCUT2D eigenvalue weighted by molar-refractivity contribution is 7.91. The van der Waals surface area contributed by atoms with Crippen LogP contribution in [0.3, 0.4) is 0 Å². The van der Waals surface area contributed by atoms with Crippen LogP contribution in [-0.4, -0.2) is 63.8 Å². The largest absolute Gasteiger partial charge is 0.356 e. The Morgan fingerprint density at radius 1 is 1.39 bits per heavy atom. The molecule has 1 aromatic heterocycles. The highest BCUT2D eigenvalue weighted by Gasteiger charge is 2.32. The molecule has 1 aliphatic rings. The van der Waals surface area contributed by atoms with E-state index in [1.807, 2.05) is 14.1 Å². The highest BCUT2D eigenvalue weighted by Crippen LogP contribution is 2.26. The minimum absolute atomic E-state index is 0.0527. The standard InChI is InChI=1S/C15H25N3O3S2/c1-17(2)9-4-8-16-15(19)13-6-10-18(11-7-13)23(20,21)14-5-3-12-22-14/h3,5,12-13H,4,6-11H2,1-2H3,(H,16,19). The molecule has 8 heteroatoms. The lowest BCUT2D eigenvalue weighted by Crippen LogP contribution is -2.43. The van der Waals surface area contributed by atoms with E-state index in [0.717, 1.165) is 13.0 Å². The topological polar surface area (TPSA) is 69.7 Å². The van der Waals surface area contributed by atoms with Crippen LogP contribution < -0.4 is 5.32 Å². The molecule has 2 heterocycles. The zero-order chi connectivity index (χ0) is 16.9. The van der Waals surface area contributed by atoms with Crippen molar-refractivity contribution in [3.05, 3.63) is 17.5 Å². The zero-order valence-corrected chi connectivity index (χ0v) is 15.3. The second kappa shape index (κ2) is 8.23. The van der Waals surface area contributed by atoms with Crippen LogP contribution in [0.2, 0.25) is 0 Å². The fourth-order valence-electron chi connectivity index (χ4n) is 2.65. The number of amides is 1. The smallest absolute Gasteiger partial charge is 0.252 e. The quantitative estimate of drug-likeness (QED) is 0.743. The van der Waals surface area contributed by atoms with Crippen LogP contribution in [0, 0.1) is 5.92 Å². The lowest BCUT2D eigenvalue weighted by atomic mass is 9.97. The first kappa shape index (κ1) is 18.4. The molecule has 1 saturated heterocycles. The zero-order valence-electron chi connectivity index (χ0n) is 13.7. The molecule has 0 aliphatic carbocycles. The van der Waals surface area contributed by atoms with Crippen LogP contribution in [0.4, 0.5) is 0 Å². The SMILES string of the molecule is CN(C)CCCNC(=O)C1CCN(S(=O)(=O)c2cccs2)CC1. The first-order valence-electron chi connectivity index (χ1n) is 7.87. The maximum absolute atomic E-state index is 12.4. The third kappa shape index (κ3) is 5.00. The molecule has 2 rings (SSSR count). The van der Waals surface area contributed by atoms with Crippen LogP contribution >= 0.6 is 11.3 Å². The van der Waals surface area contributed by atoms with Gasteiger partial charge in [-0.2, -0.15) is 4.31 Å². The number of nitrogens with one attached hydrogen (secondary N) is 1. The molecule has 1 aromatic rings. The van der Waals surface area contributed by atoms with Crippen LogP contribution in [0.15, 0.2) is 21.7 Å². The van der Waals surface area contributed by atoms with Crippen LogP contribution in [-0.2, 0) is 14.8 Å². The maximum atomic E-state index is 12.4. The van der Waals surface area contributed by atoms with E-state index >= 15 is 0 Å². The molecule has 1 amide bonds. The van der Waals surface area contributed by atoms with E-state index in [2.05, 4.69) is 10.2 Å². The van der Waals surface area contributed by atoms with E-state index in [0.29, 0.717) is 36.7 Å². The Balaban J connectivity index is 1.78. The van der Waals surface area contributed by atoms with Crippen molar-refractivity contribution in [3.63, 3.8) is 0 Å². The van der Waals surface area contributed by atoms with Crippen molar-refractivity contribution in [2.45, 2.75) is 23.5 Å². The molecule has 0 radical (unpaired) electrons. The molecule has 23 heavy (non-hydrogen) atoms. The third-order valence-corrected chi connectivity index (χ3v) is 7.27. The molecule has 1 aliphatic heterocycles. The summed E-state index contributed by atoms with van der Waals surface area (Å²) in [6.45, 7) is 2.44. The number of nitrogens with zero attached hydrogens (tertiary/aromatic N) is 2. The van der Waals surface area contributed by atoms with Crippen molar-refractivity contribution in [1.29, 1.82) is 0 Å². The summed E-state index contributed by atoms with van der Waals surface area (Å²) in [5, 5.41) is 4.72. The molecule has 130 valence electrons. The molecule has 1 N–H and O–H groups in total. The van der Waals surface area contributed by atoms with Crippen molar-refractivity contribution in [3.8, 4) is 0 Å². The second-order valence-electron chi connectivity index (χ2n) is 6.06. The average Bonchev–Trinajstić information content (AvgIpc) is 3.06. The summed E-state index contributed by atoms with van der Waals surface area (Å²) < 4.78 is 26.7. The van der Waals surface area contributed by atoms with Gasteiger partial charge in [-0.1, -0.05) is 6.07 Å². The fourth-order valence-corrected chi connectivity index (χ4v) is 5.26. The Kier molecular flexibility index (Phi) is 6.58. The molecule has 0 atom stereocenters. The number of sulfonamides is 1. The Hall–Kier alpha value is -0.960. The van der Waals surface area contributed by atoms with Gasteiger partial charge in [-0.05, 0) is 51.3 Å². The molecule has 6 nitrogen and oxygen atoms in total.